The number of hydrogen-bond donors (Lipinski definition) is 0. The molecule has 5 nitrogen and oxygen atoms in total. The highest BCUT2D eigenvalue weighted by atomic mass is 32.2. The molecule has 2 aromatic rings. The molecule has 2 heterocycles. The molecular weight excluding hydrogens is 324 g/mol. The second kappa shape index (κ2) is 7.49. The normalized spacial score (nSPS) is 13.6. The molecule has 0 aliphatic carbocycles. The molecule has 0 radical (unpaired) electrons. The van der Waals surface area contributed by atoms with Crippen molar-refractivity contribution in [2.24, 2.45) is 4.99 Å². The van der Waals surface area contributed by atoms with Gasteiger partial charge in [0.05, 0.1) is 22.8 Å². The van der Waals surface area contributed by atoms with Crippen molar-refractivity contribution < 1.29 is 9.53 Å². The van der Waals surface area contributed by atoms with Gasteiger partial charge in [-0.25, -0.2) is 4.79 Å². The molecule has 0 amide bonds. The van der Waals surface area contributed by atoms with Gasteiger partial charge >= 0.3 is 5.97 Å². The summed E-state index contributed by atoms with van der Waals surface area (Å²) in [5, 5.41) is 1.04. The van der Waals surface area contributed by atoms with Crippen LogP contribution in [0.25, 0.3) is 0 Å². The summed E-state index contributed by atoms with van der Waals surface area (Å²) in [6, 6.07) is 10.1. The quantitative estimate of drug-likeness (QED) is 0.784. The van der Waals surface area contributed by atoms with E-state index in [1.54, 1.807) is 42.2 Å². The van der Waals surface area contributed by atoms with E-state index in [1.807, 2.05) is 17.6 Å². The highest BCUT2D eigenvalue weighted by Crippen LogP contribution is 2.19. The number of hydrogen-bond acceptors (Lipinski definition) is 5. The second-order valence-electron chi connectivity index (χ2n) is 5.32. The van der Waals surface area contributed by atoms with Crippen LogP contribution in [-0.2, 0) is 13.0 Å². The third-order valence-electron chi connectivity index (χ3n) is 3.73. The van der Waals surface area contributed by atoms with Gasteiger partial charge in [-0.3, -0.25) is 9.79 Å². The fraction of sp³-hybridized carbons (Fsp3) is 0.278. The minimum absolute atomic E-state index is 0.109. The minimum Gasteiger partial charge on any atom is -0.417 e. The SMILES string of the molecule is CCc1c(OC(=O)c2ccccc2)c(=O)ccn1CC1=NCCS1. The fourth-order valence-electron chi connectivity index (χ4n) is 2.56. The molecule has 3 rings (SSSR count). The van der Waals surface area contributed by atoms with E-state index in [-0.39, 0.29) is 11.2 Å². The molecule has 6 heteroatoms. The third-order valence-corrected chi connectivity index (χ3v) is 4.71. The van der Waals surface area contributed by atoms with Crippen LogP contribution in [0, 0.1) is 0 Å². The van der Waals surface area contributed by atoms with Crippen molar-refractivity contribution in [3.63, 3.8) is 0 Å². The molecule has 0 atom stereocenters. The highest BCUT2D eigenvalue weighted by molar-refractivity contribution is 8.14. The van der Waals surface area contributed by atoms with Crippen LogP contribution in [0.5, 0.6) is 5.75 Å². The van der Waals surface area contributed by atoms with Crippen molar-refractivity contribution in [3.8, 4) is 5.75 Å². The zero-order valence-corrected chi connectivity index (χ0v) is 14.2. The zero-order valence-electron chi connectivity index (χ0n) is 13.4. The van der Waals surface area contributed by atoms with Gasteiger partial charge in [0.1, 0.15) is 0 Å². The Labute approximate surface area is 144 Å². The number of thioether (sulfide) groups is 1. The van der Waals surface area contributed by atoms with Crippen LogP contribution in [-0.4, -0.2) is 27.9 Å². The van der Waals surface area contributed by atoms with Gasteiger partial charge in [0.2, 0.25) is 5.43 Å². The zero-order chi connectivity index (χ0) is 16.9. The summed E-state index contributed by atoms with van der Waals surface area (Å²) >= 11 is 1.72. The lowest BCUT2D eigenvalue weighted by molar-refractivity contribution is 0.0730. The maximum absolute atomic E-state index is 12.3. The number of ether oxygens (including phenoxy) is 1. The smallest absolute Gasteiger partial charge is 0.343 e. The number of aliphatic imine (C=N–C) groups is 1. The van der Waals surface area contributed by atoms with Crippen LogP contribution in [0.2, 0.25) is 0 Å². The van der Waals surface area contributed by atoms with Crippen molar-refractivity contribution >= 4 is 22.8 Å². The van der Waals surface area contributed by atoms with E-state index >= 15 is 0 Å². The Morgan fingerprint density at radius 1 is 1.29 bits per heavy atom. The number of aromatic nitrogens is 1. The van der Waals surface area contributed by atoms with Crippen LogP contribution in [0.1, 0.15) is 23.0 Å². The molecule has 0 N–H and O–H groups in total. The second-order valence-corrected chi connectivity index (χ2v) is 6.48. The van der Waals surface area contributed by atoms with Crippen LogP contribution >= 0.6 is 11.8 Å². The molecule has 1 aliphatic rings. The Kier molecular flexibility index (Phi) is 5.15. The number of pyridine rings is 1. The number of carbonyl (C=O) groups excluding carboxylic acids is 1. The molecule has 124 valence electrons. The molecule has 0 saturated carbocycles. The lowest BCUT2D eigenvalue weighted by Gasteiger charge is -2.15. The van der Waals surface area contributed by atoms with Gasteiger partial charge in [0.25, 0.3) is 0 Å². The predicted octanol–water partition coefficient (Wildman–Crippen LogP) is 2.78. The Balaban J connectivity index is 1.91. The Morgan fingerprint density at radius 2 is 2.08 bits per heavy atom. The molecule has 0 bridgehead atoms. The van der Waals surface area contributed by atoms with E-state index in [2.05, 4.69) is 4.99 Å². The molecule has 1 aromatic heterocycles. The van der Waals surface area contributed by atoms with Gasteiger partial charge in [-0.2, -0.15) is 0 Å². The van der Waals surface area contributed by atoms with E-state index in [0.717, 1.165) is 17.3 Å². The van der Waals surface area contributed by atoms with Gasteiger partial charge in [0, 0.05) is 24.6 Å². The maximum atomic E-state index is 12.3. The Morgan fingerprint density at radius 3 is 2.75 bits per heavy atom. The van der Waals surface area contributed by atoms with Crippen molar-refractivity contribution in [1.82, 2.24) is 4.57 Å². The van der Waals surface area contributed by atoms with E-state index < -0.39 is 5.97 Å². The molecule has 0 fully saturated rings. The maximum Gasteiger partial charge on any atom is 0.343 e. The number of benzene rings is 1. The number of esters is 1. The molecule has 1 aliphatic heterocycles. The number of rotatable bonds is 5. The standard InChI is InChI=1S/C18H18N2O3S/c1-2-14-17(23-18(22)13-6-4-3-5-7-13)15(21)8-10-20(14)12-16-19-9-11-24-16/h3-8,10H,2,9,11-12H2,1H3. The van der Waals surface area contributed by atoms with Crippen LogP contribution in [0.3, 0.4) is 0 Å². The first kappa shape index (κ1) is 16.5. The van der Waals surface area contributed by atoms with Gasteiger partial charge in [-0.05, 0) is 18.6 Å². The third kappa shape index (κ3) is 3.59. The van der Waals surface area contributed by atoms with Crippen molar-refractivity contribution in [3.05, 3.63) is 64.1 Å². The lowest BCUT2D eigenvalue weighted by Crippen LogP contribution is -2.21. The largest absolute Gasteiger partial charge is 0.417 e. The predicted molar refractivity (Wildman–Crippen MR) is 96.2 cm³/mol. The first-order valence-corrected chi connectivity index (χ1v) is 8.83. The summed E-state index contributed by atoms with van der Waals surface area (Å²) in [6.07, 6.45) is 2.33. The van der Waals surface area contributed by atoms with E-state index in [9.17, 15) is 9.59 Å². The number of nitrogens with zero attached hydrogens (tertiary/aromatic N) is 2. The van der Waals surface area contributed by atoms with Gasteiger partial charge in [-0.1, -0.05) is 25.1 Å². The van der Waals surface area contributed by atoms with Crippen molar-refractivity contribution in [2.75, 3.05) is 12.3 Å². The summed E-state index contributed by atoms with van der Waals surface area (Å²) in [4.78, 5) is 29.0. The minimum atomic E-state index is -0.521. The summed E-state index contributed by atoms with van der Waals surface area (Å²) < 4.78 is 7.38. The molecule has 0 saturated heterocycles. The number of carbonyl (C=O) groups is 1. The average Bonchev–Trinajstić information content (AvgIpc) is 3.11. The van der Waals surface area contributed by atoms with Crippen LogP contribution < -0.4 is 10.2 Å². The Bertz CT molecular complexity index is 828. The van der Waals surface area contributed by atoms with Crippen molar-refractivity contribution in [1.29, 1.82) is 0 Å². The Hall–Kier alpha value is -2.34. The average molecular weight is 342 g/mol. The highest BCUT2D eigenvalue weighted by Gasteiger charge is 2.18. The van der Waals surface area contributed by atoms with Crippen molar-refractivity contribution in [2.45, 2.75) is 19.9 Å². The van der Waals surface area contributed by atoms with Crippen LogP contribution in [0.15, 0.2) is 52.4 Å². The monoisotopic (exact) mass is 342 g/mol. The molecule has 1 aromatic carbocycles. The van der Waals surface area contributed by atoms with Gasteiger partial charge in [-0.15, -0.1) is 11.8 Å². The molecular formula is C18H18N2O3S. The van der Waals surface area contributed by atoms with E-state index in [4.69, 9.17) is 4.74 Å². The lowest BCUT2D eigenvalue weighted by atomic mass is 10.2. The molecule has 0 unspecified atom stereocenters. The summed E-state index contributed by atoms with van der Waals surface area (Å²) in [5.41, 5.74) is 0.848. The summed E-state index contributed by atoms with van der Waals surface area (Å²) in [7, 11) is 0. The molecule has 0 spiro atoms. The summed E-state index contributed by atoms with van der Waals surface area (Å²) in [6.45, 7) is 3.37. The summed E-state index contributed by atoms with van der Waals surface area (Å²) in [5.74, 6) is 0.581. The first-order valence-electron chi connectivity index (χ1n) is 7.84. The van der Waals surface area contributed by atoms with Crippen LogP contribution in [0.4, 0.5) is 0 Å². The fourth-order valence-corrected chi connectivity index (χ4v) is 3.39. The first-order chi connectivity index (χ1) is 11.7. The topological polar surface area (TPSA) is 60.7 Å². The van der Waals surface area contributed by atoms with E-state index in [1.165, 1.54) is 6.07 Å². The van der Waals surface area contributed by atoms with E-state index in [0.29, 0.717) is 24.2 Å². The van der Waals surface area contributed by atoms with Gasteiger partial charge in [0.15, 0.2) is 5.75 Å². The molecule has 24 heavy (non-hydrogen) atoms. The van der Waals surface area contributed by atoms with Gasteiger partial charge < -0.3 is 9.30 Å².